The van der Waals surface area contributed by atoms with E-state index >= 15 is 0 Å². The van der Waals surface area contributed by atoms with E-state index in [1.165, 1.54) is 11.1 Å². The SMILES string of the molecule is CNC(C)c1ccc(OC)c(CSC(C)C(C)O)c1. The Hall–Kier alpha value is -0.710. The minimum Gasteiger partial charge on any atom is -0.496 e. The number of hydrogen-bond donors (Lipinski definition) is 2. The molecule has 0 saturated heterocycles. The molecule has 2 N–H and O–H groups in total. The minimum absolute atomic E-state index is 0.218. The number of nitrogens with one attached hydrogen (secondary N) is 1. The Labute approximate surface area is 120 Å². The number of ether oxygens (including phenoxy) is 1. The first kappa shape index (κ1) is 16.3. The Kier molecular flexibility index (Phi) is 6.69. The van der Waals surface area contributed by atoms with Crippen LogP contribution in [0.15, 0.2) is 18.2 Å². The van der Waals surface area contributed by atoms with Crippen LogP contribution in [0.4, 0.5) is 0 Å². The fraction of sp³-hybridized carbons (Fsp3) is 0.600. The van der Waals surface area contributed by atoms with Gasteiger partial charge >= 0.3 is 0 Å². The van der Waals surface area contributed by atoms with E-state index in [1.807, 2.05) is 27.0 Å². The zero-order valence-corrected chi connectivity index (χ0v) is 13.3. The molecule has 1 rings (SSSR count). The van der Waals surface area contributed by atoms with Crippen molar-refractivity contribution < 1.29 is 9.84 Å². The van der Waals surface area contributed by atoms with E-state index in [4.69, 9.17) is 4.74 Å². The van der Waals surface area contributed by atoms with Gasteiger partial charge in [-0.25, -0.2) is 0 Å². The average molecular weight is 283 g/mol. The Morgan fingerprint density at radius 2 is 2.00 bits per heavy atom. The minimum atomic E-state index is -0.296. The quantitative estimate of drug-likeness (QED) is 0.807. The van der Waals surface area contributed by atoms with Gasteiger partial charge in [-0.3, -0.25) is 0 Å². The van der Waals surface area contributed by atoms with Crippen LogP contribution in [0.2, 0.25) is 0 Å². The number of hydrogen-bond acceptors (Lipinski definition) is 4. The first-order valence-corrected chi connectivity index (χ1v) is 7.68. The van der Waals surface area contributed by atoms with Gasteiger partial charge in [0, 0.05) is 22.6 Å². The molecule has 3 unspecified atom stereocenters. The van der Waals surface area contributed by atoms with E-state index < -0.39 is 0 Å². The predicted molar refractivity (Wildman–Crippen MR) is 82.9 cm³/mol. The van der Waals surface area contributed by atoms with Gasteiger partial charge in [0.2, 0.25) is 0 Å². The molecule has 1 aromatic carbocycles. The van der Waals surface area contributed by atoms with Crippen LogP contribution in [0.5, 0.6) is 5.75 Å². The molecule has 3 nitrogen and oxygen atoms in total. The van der Waals surface area contributed by atoms with Gasteiger partial charge in [-0.2, -0.15) is 11.8 Å². The molecule has 0 fully saturated rings. The lowest BCUT2D eigenvalue weighted by atomic mass is 10.1. The molecule has 19 heavy (non-hydrogen) atoms. The van der Waals surface area contributed by atoms with Crippen LogP contribution < -0.4 is 10.1 Å². The first-order valence-electron chi connectivity index (χ1n) is 6.63. The number of rotatable bonds is 7. The third-order valence-electron chi connectivity index (χ3n) is 3.42. The van der Waals surface area contributed by atoms with E-state index in [0.29, 0.717) is 6.04 Å². The average Bonchev–Trinajstić information content (AvgIpc) is 2.43. The van der Waals surface area contributed by atoms with Crippen LogP contribution in [0.3, 0.4) is 0 Å². The highest BCUT2D eigenvalue weighted by atomic mass is 32.2. The molecule has 0 aliphatic carbocycles. The highest BCUT2D eigenvalue weighted by Gasteiger charge is 2.13. The van der Waals surface area contributed by atoms with Crippen molar-refractivity contribution in [1.82, 2.24) is 5.32 Å². The van der Waals surface area contributed by atoms with Crippen molar-refractivity contribution in [3.05, 3.63) is 29.3 Å². The molecule has 4 heteroatoms. The third-order valence-corrected chi connectivity index (χ3v) is 4.82. The van der Waals surface area contributed by atoms with Crippen LogP contribution in [0.1, 0.15) is 37.9 Å². The molecule has 0 aromatic heterocycles. The lowest BCUT2D eigenvalue weighted by Gasteiger charge is -2.17. The molecular weight excluding hydrogens is 258 g/mol. The van der Waals surface area contributed by atoms with Crippen molar-refractivity contribution in [3.63, 3.8) is 0 Å². The predicted octanol–water partition coefficient (Wildman–Crippen LogP) is 2.98. The van der Waals surface area contributed by atoms with Gasteiger partial charge in [0.25, 0.3) is 0 Å². The second-order valence-electron chi connectivity index (χ2n) is 4.84. The molecule has 1 aromatic rings. The van der Waals surface area contributed by atoms with E-state index in [-0.39, 0.29) is 11.4 Å². The van der Waals surface area contributed by atoms with Gasteiger partial charge in [0.1, 0.15) is 5.75 Å². The molecular formula is C15H25NO2S. The fourth-order valence-electron chi connectivity index (χ4n) is 1.71. The number of aliphatic hydroxyl groups is 1. The summed E-state index contributed by atoms with van der Waals surface area (Å²) in [5, 5.41) is 13.0. The van der Waals surface area contributed by atoms with Crippen molar-refractivity contribution in [2.75, 3.05) is 14.2 Å². The number of thioether (sulfide) groups is 1. The van der Waals surface area contributed by atoms with Gasteiger partial charge in [0.05, 0.1) is 13.2 Å². The van der Waals surface area contributed by atoms with Gasteiger partial charge in [-0.15, -0.1) is 0 Å². The van der Waals surface area contributed by atoms with Crippen molar-refractivity contribution >= 4 is 11.8 Å². The molecule has 3 atom stereocenters. The van der Waals surface area contributed by atoms with E-state index in [0.717, 1.165) is 11.5 Å². The summed E-state index contributed by atoms with van der Waals surface area (Å²) in [4.78, 5) is 0. The lowest BCUT2D eigenvalue weighted by molar-refractivity contribution is 0.196. The maximum absolute atomic E-state index is 9.54. The number of benzene rings is 1. The third kappa shape index (κ3) is 4.71. The second-order valence-corrected chi connectivity index (χ2v) is 6.20. The van der Waals surface area contributed by atoms with Crippen molar-refractivity contribution in [3.8, 4) is 5.75 Å². The molecule has 0 amide bonds. The lowest BCUT2D eigenvalue weighted by Crippen LogP contribution is -2.15. The largest absolute Gasteiger partial charge is 0.496 e. The molecule has 0 aliphatic rings. The van der Waals surface area contributed by atoms with Crippen LogP contribution in [0.25, 0.3) is 0 Å². The smallest absolute Gasteiger partial charge is 0.122 e. The molecule has 0 bridgehead atoms. The maximum Gasteiger partial charge on any atom is 0.122 e. The summed E-state index contributed by atoms with van der Waals surface area (Å²) in [6, 6.07) is 6.61. The van der Waals surface area contributed by atoms with Gasteiger partial charge < -0.3 is 15.2 Å². The summed E-state index contributed by atoms with van der Waals surface area (Å²) in [6.07, 6.45) is -0.296. The summed E-state index contributed by atoms with van der Waals surface area (Å²) in [5.41, 5.74) is 2.43. The second kappa shape index (κ2) is 7.78. The Bertz CT molecular complexity index is 396. The van der Waals surface area contributed by atoms with E-state index in [9.17, 15) is 5.11 Å². The number of aliphatic hydroxyl groups excluding tert-OH is 1. The van der Waals surface area contributed by atoms with E-state index in [2.05, 4.69) is 24.4 Å². The first-order chi connectivity index (χ1) is 8.99. The zero-order valence-electron chi connectivity index (χ0n) is 12.4. The summed E-state index contributed by atoms with van der Waals surface area (Å²) >= 11 is 1.74. The molecule has 0 saturated carbocycles. The van der Waals surface area contributed by atoms with Crippen LogP contribution in [-0.4, -0.2) is 30.6 Å². The summed E-state index contributed by atoms with van der Waals surface area (Å²) in [7, 11) is 3.65. The van der Waals surface area contributed by atoms with E-state index in [1.54, 1.807) is 18.9 Å². The highest BCUT2D eigenvalue weighted by molar-refractivity contribution is 7.99. The maximum atomic E-state index is 9.54. The highest BCUT2D eigenvalue weighted by Crippen LogP contribution is 2.29. The number of methoxy groups -OCH3 is 1. The molecule has 0 heterocycles. The van der Waals surface area contributed by atoms with Gasteiger partial charge in [0.15, 0.2) is 0 Å². The van der Waals surface area contributed by atoms with Gasteiger partial charge in [-0.1, -0.05) is 13.0 Å². The molecule has 108 valence electrons. The monoisotopic (exact) mass is 283 g/mol. The van der Waals surface area contributed by atoms with Crippen molar-refractivity contribution in [1.29, 1.82) is 0 Å². The van der Waals surface area contributed by atoms with Crippen LogP contribution in [-0.2, 0) is 5.75 Å². The summed E-state index contributed by atoms with van der Waals surface area (Å²) < 4.78 is 5.41. The summed E-state index contributed by atoms with van der Waals surface area (Å²) in [6.45, 7) is 6.01. The zero-order chi connectivity index (χ0) is 14.4. The normalized spacial score (nSPS) is 15.9. The standard InChI is InChI=1S/C15H25NO2S/c1-10(16-4)13-6-7-15(18-5)14(8-13)9-19-12(3)11(2)17/h6-8,10-12,16-17H,9H2,1-5H3. The molecule has 0 radical (unpaired) electrons. The Morgan fingerprint density at radius 1 is 1.32 bits per heavy atom. The summed E-state index contributed by atoms with van der Waals surface area (Å²) in [5.74, 6) is 1.76. The van der Waals surface area contributed by atoms with Gasteiger partial charge in [-0.05, 0) is 38.6 Å². The van der Waals surface area contributed by atoms with Crippen molar-refractivity contribution in [2.45, 2.75) is 43.9 Å². The van der Waals surface area contributed by atoms with Crippen molar-refractivity contribution in [2.24, 2.45) is 0 Å². The topological polar surface area (TPSA) is 41.5 Å². The Balaban J connectivity index is 2.84. The fourth-order valence-corrected chi connectivity index (χ4v) is 2.65. The molecule has 0 spiro atoms. The van der Waals surface area contributed by atoms with Crippen LogP contribution >= 0.6 is 11.8 Å². The molecule has 0 aliphatic heterocycles. The van der Waals surface area contributed by atoms with Crippen LogP contribution in [0, 0.1) is 0 Å². The Morgan fingerprint density at radius 3 is 2.53 bits per heavy atom.